The van der Waals surface area contributed by atoms with Crippen molar-refractivity contribution in [3.05, 3.63) is 71.8 Å². The third-order valence-electron chi connectivity index (χ3n) is 5.81. The van der Waals surface area contributed by atoms with Crippen LogP contribution in [0.1, 0.15) is 36.0 Å². The first kappa shape index (κ1) is 18.0. The van der Waals surface area contributed by atoms with Gasteiger partial charge < -0.3 is 4.98 Å². The maximum Gasteiger partial charge on any atom is 0.165 e. The Hall–Kier alpha value is -3.06. The van der Waals surface area contributed by atoms with E-state index >= 15 is 0 Å². The molecule has 1 aliphatic heterocycles. The molecule has 0 bridgehead atoms. The molecule has 0 radical (unpaired) electrons. The Labute approximate surface area is 169 Å². The van der Waals surface area contributed by atoms with Gasteiger partial charge in [-0.3, -0.25) is 4.90 Å². The smallest absolute Gasteiger partial charge is 0.165 e. The molecule has 29 heavy (non-hydrogen) atoms. The number of aromatic amines is 1. The average molecular weight is 387 g/mol. The fourth-order valence-corrected chi connectivity index (χ4v) is 4.12. The van der Waals surface area contributed by atoms with Crippen molar-refractivity contribution >= 4 is 11.0 Å². The van der Waals surface area contributed by atoms with E-state index in [1.165, 1.54) is 5.56 Å². The highest BCUT2D eigenvalue weighted by Crippen LogP contribution is 2.28. The predicted octanol–water partition coefficient (Wildman–Crippen LogP) is 3.17. The minimum Gasteiger partial charge on any atom is -0.342 e. The second-order valence-electron chi connectivity index (χ2n) is 7.74. The zero-order chi connectivity index (χ0) is 19.5. The van der Waals surface area contributed by atoms with Crippen molar-refractivity contribution in [2.45, 2.75) is 38.3 Å². The van der Waals surface area contributed by atoms with Gasteiger partial charge in [0.05, 0.1) is 17.6 Å². The molecule has 7 nitrogen and oxygen atoms in total. The van der Waals surface area contributed by atoms with Crippen molar-refractivity contribution in [3.63, 3.8) is 0 Å². The molecule has 1 saturated heterocycles. The van der Waals surface area contributed by atoms with E-state index in [0.717, 1.165) is 68.1 Å². The van der Waals surface area contributed by atoms with Crippen LogP contribution >= 0.6 is 0 Å². The number of hydrogen-bond acceptors (Lipinski definition) is 5. The lowest BCUT2D eigenvalue weighted by molar-refractivity contribution is 0.194. The van der Waals surface area contributed by atoms with E-state index in [1.54, 1.807) is 0 Å². The summed E-state index contributed by atoms with van der Waals surface area (Å²) >= 11 is 0. The van der Waals surface area contributed by atoms with Crippen LogP contribution in [0.25, 0.3) is 11.0 Å². The number of piperidine rings is 1. The third kappa shape index (κ3) is 4.05. The molecule has 2 aromatic heterocycles. The molecule has 5 rings (SSSR count). The Balaban J connectivity index is 1.17. The first-order valence-electron chi connectivity index (χ1n) is 10.3. The lowest BCUT2D eigenvalue weighted by Crippen LogP contribution is -2.33. The van der Waals surface area contributed by atoms with Crippen LogP contribution in [0.4, 0.5) is 0 Å². The van der Waals surface area contributed by atoms with Crippen molar-refractivity contribution in [1.29, 1.82) is 0 Å². The third-order valence-corrected chi connectivity index (χ3v) is 5.81. The molecule has 0 unspecified atom stereocenters. The van der Waals surface area contributed by atoms with Crippen LogP contribution in [-0.4, -0.2) is 48.2 Å². The first-order valence-corrected chi connectivity index (χ1v) is 10.3. The van der Waals surface area contributed by atoms with Crippen molar-refractivity contribution in [1.82, 2.24) is 35.1 Å². The fourth-order valence-electron chi connectivity index (χ4n) is 4.12. The van der Waals surface area contributed by atoms with E-state index in [-0.39, 0.29) is 0 Å². The van der Waals surface area contributed by atoms with Gasteiger partial charge in [-0.05, 0) is 60.5 Å². The number of nitrogens with zero attached hydrogens (tertiary/aromatic N) is 6. The normalized spacial score (nSPS) is 15.9. The van der Waals surface area contributed by atoms with E-state index in [1.807, 2.05) is 16.8 Å². The van der Waals surface area contributed by atoms with Crippen LogP contribution in [0.3, 0.4) is 0 Å². The molecular formula is C22H25N7. The van der Waals surface area contributed by atoms with E-state index in [2.05, 4.69) is 67.9 Å². The monoisotopic (exact) mass is 387 g/mol. The van der Waals surface area contributed by atoms with Crippen LogP contribution < -0.4 is 0 Å². The van der Waals surface area contributed by atoms with Crippen LogP contribution in [0.5, 0.6) is 0 Å². The molecule has 0 atom stereocenters. The van der Waals surface area contributed by atoms with E-state index in [0.29, 0.717) is 5.92 Å². The zero-order valence-electron chi connectivity index (χ0n) is 16.4. The lowest BCUT2D eigenvalue weighted by atomic mass is 9.96. The molecule has 3 heterocycles. The Kier molecular flexibility index (Phi) is 5.04. The number of tetrazole rings is 1. The summed E-state index contributed by atoms with van der Waals surface area (Å²) < 4.78 is 1.94. The Morgan fingerprint density at radius 1 is 0.966 bits per heavy atom. The van der Waals surface area contributed by atoms with Gasteiger partial charge in [-0.15, -0.1) is 5.10 Å². The van der Waals surface area contributed by atoms with Gasteiger partial charge in [0.25, 0.3) is 0 Å². The zero-order valence-corrected chi connectivity index (χ0v) is 16.4. The molecule has 1 N–H and O–H groups in total. The Bertz CT molecular complexity index is 1030. The Morgan fingerprint density at radius 3 is 2.59 bits per heavy atom. The molecule has 2 aromatic carbocycles. The number of fused-ring (bicyclic) bond motifs is 1. The molecule has 4 aromatic rings. The topological polar surface area (TPSA) is 75.5 Å². The number of likely N-dealkylation sites (tertiary alicyclic amines) is 1. The number of aryl methyl sites for hydroxylation is 2. The highest BCUT2D eigenvalue weighted by Gasteiger charge is 2.24. The maximum absolute atomic E-state index is 4.79. The molecule has 148 valence electrons. The lowest BCUT2D eigenvalue weighted by Gasteiger charge is -2.30. The molecule has 7 heteroatoms. The number of para-hydroxylation sites is 2. The van der Waals surface area contributed by atoms with Gasteiger partial charge >= 0.3 is 0 Å². The van der Waals surface area contributed by atoms with Gasteiger partial charge in [0.2, 0.25) is 0 Å². The minimum absolute atomic E-state index is 0.493. The second-order valence-corrected chi connectivity index (χ2v) is 7.74. The van der Waals surface area contributed by atoms with Crippen LogP contribution in [0, 0.1) is 0 Å². The number of rotatable bonds is 6. The highest BCUT2D eigenvalue weighted by molar-refractivity contribution is 5.74. The summed E-state index contributed by atoms with van der Waals surface area (Å²) in [7, 11) is 0. The standard InChI is InChI=1S/C22H25N7/c1-2-6-17(7-3-1)10-15-29-21(25-26-27-29)16-28-13-11-18(12-14-28)22-23-19-8-4-5-9-20(19)24-22/h1-9,18H,10-16H2,(H,23,24). The minimum atomic E-state index is 0.493. The molecule has 0 spiro atoms. The van der Waals surface area contributed by atoms with Gasteiger partial charge in [0.1, 0.15) is 5.82 Å². The van der Waals surface area contributed by atoms with Crippen LogP contribution in [0.2, 0.25) is 0 Å². The number of H-pyrrole nitrogens is 1. The summed E-state index contributed by atoms with van der Waals surface area (Å²) in [6.07, 6.45) is 3.14. The van der Waals surface area contributed by atoms with Crippen molar-refractivity contribution in [2.75, 3.05) is 13.1 Å². The van der Waals surface area contributed by atoms with Crippen molar-refractivity contribution in [2.24, 2.45) is 0 Å². The molecular weight excluding hydrogens is 362 g/mol. The van der Waals surface area contributed by atoms with Crippen LogP contribution in [0.15, 0.2) is 54.6 Å². The number of hydrogen-bond donors (Lipinski definition) is 1. The van der Waals surface area contributed by atoms with Gasteiger partial charge in [-0.25, -0.2) is 9.67 Å². The second kappa shape index (κ2) is 8.13. The maximum atomic E-state index is 4.79. The summed E-state index contributed by atoms with van der Waals surface area (Å²) in [6, 6.07) is 18.7. The number of imidazole rings is 1. The van der Waals surface area contributed by atoms with Gasteiger partial charge in [0.15, 0.2) is 5.82 Å². The van der Waals surface area contributed by atoms with Gasteiger partial charge in [-0.2, -0.15) is 0 Å². The summed E-state index contributed by atoms with van der Waals surface area (Å²) in [5.41, 5.74) is 3.49. The molecule has 0 saturated carbocycles. The highest BCUT2D eigenvalue weighted by atomic mass is 15.5. The quantitative estimate of drug-likeness (QED) is 0.550. The first-order chi connectivity index (χ1) is 14.3. The van der Waals surface area contributed by atoms with E-state index in [9.17, 15) is 0 Å². The fraction of sp³-hybridized carbons (Fsp3) is 0.364. The SMILES string of the molecule is c1ccc(CCn2nnnc2CN2CCC(c3nc4ccccc4[nH]3)CC2)cc1. The molecule has 1 fully saturated rings. The summed E-state index contributed by atoms with van der Waals surface area (Å²) in [6.45, 7) is 3.68. The molecule has 1 aliphatic rings. The average Bonchev–Trinajstić information content (AvgIpc) is 3.40. The summed E-state index contributed by atoms with van der Waals surface area (Å²) in [5.74, 6) is 2.56. The number of benzene rings is 2. The molecule has 0 amide bonds. The summed E-state index contributed by atoms with van der Waals surface area (Å²) in [5, 5.41) is 12.4. The Morgan fingerprint density at radius 2 is 1.76 bits per heavy atom. The van der Waals surface area contributed by atoms with Gasteiger partial charge in [-0.1, -0.05) is 42.5 Å². The number of nitrogens with one attached hydrogen (secondary N) is 1. The van der Waals surface area contributed by atoms with Crippen LogP contribution in [-0.2, 0) is 19.5 Å². The van der Waals surface area contributed by atoms with Gasteiger partial charge in [0, 0.05) is 12.5 Å². The predicted molar refractivity (Wildman–Crippen MR) is 111 cm³/mol. The van der Waals surface area contributed by atoms with E-state index < -0.39 is 0 Å². The van der Waals surface area contributed by atoms with E-state index in [4.69, 9.17) is 4.98 Å². The number of aromatic nitrogens is 6. The summed E-state index contributed by atoms with van der Waals surface area (Å²) in [4.78, 5) is 10.7. The molecule has 0 aliphatic carbocycles. The van der Waals surface area contributed by atoms with Crippen molar-refractivity contribution in [3.8, 4) is 0 Å². The largest absolute Gasteiger partial charge is 0.342 e. The van der Waals surface area contributed by atoms with Crippen molar-refractivity contribution < 1.29 is 0 Å².